The highest BCUT2D eigenvalue weighted by atomic mass is 32.2. The summed E-state index contributed by atoms with van der Waals surface area (Å²) in [7, 11) is -10.3. The number of hydrogen-bond donors (Lipinski definition) is 7. The zero-order valence-electron chi connectivity index (χ0n) is 22.8. The van der Waals surface area contributed by atoms with Crippen LogP contribution >= 0.6 is 24.1 Å². The van der Waals surface area contributed by atoms with Gasteiger partial charge in [-0.1, -0.05) is 10.1 Å². The van der Waals surface area contributed by atoms with E-state index >= 15 is 0 Å². The van der Waals surface area contributed by atoms with E-state index in [1.807, 2.05) is 0 Å². The molecule has 0 saturated heterocycles. The summed E-state index contributed by atoms with van der Waals surface area (Å²) in [5.74, 6) is -2.12. The topological polar surface area (TPSA) is 345 Å². The van der Waals surface area contributed by atoms with E-state index in [-0.39, 0.29) is 38.6 Å². The minimum absolute atomic E-state index is 0.0651. The highest BCUT2D eigenvalue weighted by molar-refractivity contribution is 7.95. The van der Waals surface area contributed by atoms with Gasteiger partial charge in [0.25, 0.3) is 25.9 Å². The number of nitro benzene ring substituents is 1. The zero-order chi connectivity index (χ0) is 35.4. The molecular weight excluding hydrogens is 733 g/mol. The summed E-state index contributed by atoms with van der Waals surface area (Å²) in [6.07, 6.45) is 0. The third kappa shape index (κ3) is 8.10. The standard InChI is InChI=1S/C22H16N6O16S4/c23-10-1-3-12(14(7-10)45-43-41-33)24-27-20-17(48(38,39)40)6-9-5-15(46-44-42-34)19(21(29)18(9)22(20)30)26-25-13-4-2-11(28(31)32)8-16(13)47(35,36)37/h1-8,29-30,33-34H,23H2,(H,35,36,37)(H,38,39,40). The van der Waals surface area contributed by atoms with Crippen molar-refractivity contribution in [3.05, 3.63) is 58.6 Å². The third-order valence-corrected chi connectivity index (χ3v) is 8.77. The van der Waals surface area contributed by atoms with E-state index in [9.17, 15) is 46.3 Å². The highest BCUT2D eigenvalue weighted by Crippen LogP contribution is 2.51. The largest absolute Gasteiger partial charge is 0.505 e. The third-order valence-electron chi connectivity index (χ3n) is 5.77. The molecule has 0 aliphatic heterocycles. The maximum atomic E-state index is 12.3. The molecule has 254 valence electrons. The average molecular weight is 749 g/mol. The monoisotopic (exact) mass is 748 g/mol. The van der Waals surface area contributed by atoms with Gasteiger partial charge in [0.15, 0.2) is 11.5 Å². The van der Waals surface area contributed by atoms with Crippen molar-refractivity contribution >= 4 is 89.2 Å². The molecule has 0 saturated carbocycles. The molecule has 0 aliphatic carbocycles. The number of aromatic hydroxyl groups is 2. The van der Waals surface area contributed by atoms with Crippen molar-refractivity contribution in [3.8, 4) is 11.5 Å². The van der Waals surface area contributed by atoms with Crippen molar-refractivity contribution in [3.63, 3.8) is 0 Å². The lowest BCUT2D eigenvalue weighted by molar-refractivity contribution is -0.432. The van der Waals surface area contributed by atoms with Crippen LogP contribution in [0.1, 0.15) is 0 Å². The number of phenols is 2. The first-order chi connectivity index (χ1) is 22.6. The molecule has 0 heterocycles. The molecule has 0 spiro atoms. The molecule has 48 heavy (non-hydrogen) atoms. The van der Waals surface area contributed by atoms with Crippen LogP contribution in [-0.2, 0) is 39.0 Å². The smallest absolute Gasteiger partial charge is 0.297 e. The van der Waals surface area contributed by atoms with Crippen LogP contribution in [0.15, 0.2) is 88.6 Å². The molecule has 4 rings (SSSR count). The van der Waals surface area contributed by atoms with Crippen LogP contribution in [0.25, 0.3) is 10.8 Å². The molecule has 0 amide bonds. The lowest BCUT2D eigenvalue weighted by Crippen LogP contribution is -2.00. The maximum absolute atomic E-state index is 12.3. The van der Waals surface area contributed by atoms with Gasteiger partial charge in [-0.15, -0.1) is 29.1 Å². The Balaban J connectivity index is 1.98. The molecule has 0 fully saturated rings. The number of azo groups is 2. The van der Waals surface area contributed by atoms with Crippen molar-refractivity contribution in [2.45, 2.75) is 19.6 Å². The Morgan fingerprint density at radius 2 is 1.29 bits per heavy atom. The molecule has 0 radical (unpaired) electrons. The summed E-state index contributed by atoms with van der Waals surface area (Å²) in [5, 5.41) is 71.6. The summed E-state index contributed by atoms with van der Waals surface area (Å²) in [6.45, 7) is 0. The van der Waals surface area contributed by atoms with Gasteiger partial charge in [0.05, 0.1) is 44.2 Å². The van der Waals surface area contributed by atoms with Crippen molar-refractivity contribution < 1.29 is 70.3 Å². The molecular formula is C22H16N6O16S4. The molecule has 0 atom stereocenters. The van der Waals surface area contributed by atoms with E-state index in [2.05, 4.69) is 39.2 Å². The SMILES string of the molecule is Nc1ccc(N=Nc2c(S(=O)(=O)O)cc3cc(SOOO)c(N=Nc4ccc([N+](=O)[O-])cc4S(=O)(=O)O)c(O)c3c2O)c(SOOO)c1. The van der Waals surface area contributed by atoms with Gasteiger partial charge < -0.3 is 15.9 Å². The molecule has 8 N–H and O–H groups in total. The van der Waals surface area contributed by atoms with Gasteiger partial charge in [-0.05, 0) is 41.8 Å². The second-order valence-electron chi connectivity index (χ2n) is 8.68. The van der Waals surface area contributed by atoms with E-state index in [4.69, 9.17) is 16.2 Å². The fraction of sp³-hybridized carbons (Fsp3) is 0. The number of nitrogens with zero attached hydrogens (tertiary/aromatic N) is 5. The van der Waals surface area contributed by atoms with Gasteiger partial charge in [-0.25, -0.2) is 10.5 Å². The van der Waals surface area contributed by atoms with Gasteiger partial charge in [0, 0.05) is 17.8 Å². The first-order valence-electron chi connectivity index (χ1n) is 11.9. The second-order valence-corrected chi connectivity index (χ2v) is 12.9. The van der Waals surface area contributed by atoms with Gasteiger partial charge in [-0.2, -0.15) is 16.8 Å². The number of nitrogen functional groups attached to an aromatic ring is 1. The predicted molar refractivity (Wildman–Crippen MR) is 161 cm³/mol. The number of fused-ring (bicyclic) bond motifs is 1. The Labute approximate surface area is 274 Å². The van der Waals surface area contributed by atoms with Gasteiger partial charge >= 0.3 is 0 Å². The number of rotatable bonds is 13. The normalized spacial score (nSPS) is 12.4. The maximum Gasteiger partial charge on any atom is 0.297 e. The summed E-state index contributed by atoms with van der Waals surface area (Å²) >= 11 is 0.542. The Hall–Kier alpha value is -4.58. The molecule has 26 heteroatoms. The fourth-order valence-electron chi connectivity index (χ4n) is 3.81. The first-order valence-corrected chi connectivity index (χ1v) is 16.2. The van der Waals surface area contributed by atoms with E-state index in [0.29, 0.717) is 18.1 Å². The Bertz CT molecular complexity index is 2200. The summed E-state index contributed by atoms with van der Waals surface area (Å²) < 4.78 is 76.7. The molecule has 0 bridgehead atoms. The van der Waals surface area contributed by atoms with E-state index in [1.54, 1.807) is 0 Å². The first kappa shape index (κ1) is 36.3. The molecule has 0 unspecified atom stereocenters. The van der Waals surface area contributed by atoms with Crippen LogP contribution in [0, 0.1) is 10.1 Å². The van der Waals surface area contributed by atoms with Crippen molar-refractivity contribution in [1.29, 1.82) is 0 Å². The minimum Gasteiger partial charge on any atom is -0.505 e. The lowest BCUT2D eigenvalue weighted by Gasteiger charge is -2.13. The van der Waals surface area contributed by atoms with Crippen LogP contribution < -0.4 is 5.73 Å². The predicted octanol–water partition coefficient (Wildman–Crippen LogP) is 5.92. The lowest BCUT2D eigenvalue weighted by atomic mass is 10.1. The molecule has 0 aromatic heterocycles. The summed E-state index contributed by atoms with van der Waals surface area (Å²) in [4.78, 5) is 7.80. The Morgan fingerprint density at radius 3 is 1.90 bits per heavy atom. The number of benzene rings is 4. The molecule has 22 nitrogen and oxygen atoms in total. The van der Waals surface area contributed by atoms with Crippen molar-refractivity contribution in [2.24, 2.45) is 20.5 Å². The second kappa shape index (κ2) is 14.7. The quantitative estimate of drug-likeness (QED) is 0.0158. The van der Waals surface area contributed by atoms with Crippen LogP contribution in [-0.4, -0.2) is 51.6 Å². The van der Waals surface area contributed by atoms with Gasteiger partial charge in [0.2, 0.25) is 0 Å². The highest BCUT2D eigenvalue weighted by Gasteiger charge is 2.27. The fourth-order valence-corrected chi connectivity index (χ4v) is 6.09. The van der Waals surface area contributed by atoms with Crippen LogP contribution in [0.2, 0.25) is 0 Å². The molecule has 0 aliphatic rings. The number of non-ortho nitro benzene ring substituents is 1. The average Bonchev–Trinajstić information content (AvgIpc) is 3.01. The molecule has 4 aromatic rings. The van der Waals surface area contributed by atoms with Gasteiger partial charge in [0.1, 0.15) is 32.5 Å². The van der Waals surface area contributed by atoms with Crippen LogP contribution in [0.3, 0.4) is 0 Å². The van der Waals surface area contributed by atoms with Crippen molar-refractivity contribution in [2.75, 3.05) is 5.73 Å². The number of nitro groups is 1. The van der Waals surface area contributed by atoms with E-state index in [1.165, 1.54) is 18.2 Å². The summed E-state index contributed by atoms with van der Waals surface area (Å²) in [5.41, 5.74) is 2.84. The van der Waals surface area contributed by atoms with E-state index in [0.717, 1.165) is 24.3 Å². The molecule has 4 aromatic carbocycles. The van der Waals surface area contributed by atoms with Crippen LogP contribution in [0.4, 0.5) is 34.1 Å². The van der Waals surface area contributed by atoms with Crippen LogP contribution in [0.5, 0.6) is 11.5 Å². The number of phenolic OH excluding ortho intramolecular Hbond substituents is 2. The number of nitrogens with two attached hydrogens (primary N) is 1. The minimum atomic E-state index is -5.18. The van der Waals surface area contributed by atoms with E-state index < -0.39 is 74.6 Å². The summed E-state index contributed by atoms with van der Waals surface area (Å²) in [6, 6.07) is 7.77. The number of anilines is 1. The van der Waals surface area contributed by atoms with Gasteiger partial charge in [-0.3, -0.25) is 19.2 Å². The number of hydrogen-bond acceptors (Lipinski definition) is 21. The Kier molecular flexibility index (Phi) is 11.1. The van der Waals surface area contributed by atoms with Crippen molar-refractivity contribution in [1.82, 2.24) is 0 Å². The zero-order valence-corrected chi connectivity index (χ0v) is 26.1. The Morgan fingerprint density at radius 1 is 0.729 bits per heavy atom.